The van der Waals surface area contributed by atoms with E-state index in [0.29, 0.717) is 34.8 Å². The summed E-state index contributed by atoms with van der Waals surface area (Å²) in [5.41, 5.74) is 1.83. The molecule has 1 aromatic carbocycles. The Kier molecular flexibility index (Phi) is 5.33. The highest BCUT2D eigenvalue weighted by Gasteiger charge is 2.43. The summed E-state index contributed by atoms with van der Waals surface area (Å²) >= 11 is 0. The summed E-state index contributed by atoms with van der Waals surface area (Å²) in [5.74, 6) is 0.371. The summed E-state index contributed by atoms with van der Waals surface area (Å²) in [4.78, 5) is 25.3. The van der Waals surface area contributed by atoms with Gasteiger partial charge in [-0.3, -0.25) is 9.79 Å². The van der Waals surface area contributed by atoms with Crippen LogP contribution in [-0.2, 0) is 11.3 Å². The first-order valence-electron chi connectivity index (χ1n) is 9.96. The predicted molar refractivity (Wildman–Crippen MR) is 121 cm³/mol. The Morgan fingerprint density at radius 2 is 2.03 bits per heavy atom. The van der Waals surface area contributed by atoms with Crippen molar-refractivity contribution in [1.82, 2.24) is 20.1 Å². The van der Waals surface area contributed by atoms with Crippen LogP contribution >= 0.6 is 0 Å². The van der Waals surface area contributed by atoms with Gasteiger partial charge in [0, 0.05) is 7.05 Å². The van der Waals surface area contributed by atoms with E-state index in [1.165, 1.54) is 6.07 Å². The van der Waals surface area contributed by atoms with Crippen LogP contribution in [0.5, 0.6) is 5.75 Å². The lowest BCUT2D eigenvalue weighted by molar-refractivity contribution is -0.123. The summed E-state index contributed by atoms with van der Waals surface area (Å²) < 4.78 is 20.9. The SMILES string of the molecule is C=C(N=C1NC(=O)C(C)(C)C1=NC)c1nn(Cc2ccc(OC)cc2)c2ncc(F)cc12. The summed E-state index contributed by atoms with van der Waals surface area (Å²) in [6.07, 6.45) is 1.15. The van der Waals surface area contributed by atoms with Crippen molar-refractivity contribution in [3.05, 3.63) is 60.2 Å². The zero-order chi connectivity index (χ0) is 23.0. The Bertz CT molecular complexity index is 1290. The van der Waals surface area contributed by atoms with E-state index in [4.69, 9.17) is 4.74 Å². The van der Waals surface area contributed by atoms with Crippen LogP contribution in [0.4, 0.5) is 4.39 Å². The molecule has 1 saturated heterocycles. The van der Waals surface area contributed by atoms with Crippen LogP contribution in [0.15, 0.2) is 53.1 Å². The summed E-state index contributed by atoms with van der Waals surface area (Å²) in [6.45, 7) is 7.97. The van der Waals surface area contributed by atoms with Gasteiger partial charge in [-0.25, -0.2) is 19.0 Å². The maximum absolute atomic E-state index is 14.0. The van der Waals surface area contributed by atoms with Crippen LogP contribution in [0.1, 0.15) is 25.1 Å². The largest absolute Gasteiger partial charge is 0.497 e. The van der Waals surface area contributed by atoms with Crippen LogP contribution in [0, 0.1) is 11.2 Å². The minimum atomic E-state index is -0.808. The molecule has 4 rings (SSSR count). The number of aromatic nitrogens is 3. The quantitative estimate of drug-likeness (QED) is 0.667. The van der Waals surface area contributed by atoms with Crippen molar-refractivity contribution in [3.63, 3.8) is 0 Å². The summed E-state index contributed by atoms with van der Waals surface area (Å²) in [7, 11) is 3.21. The van der Waals surface area contributed by atoms with Crippen LogP contribution in [-0.4, -0.2) is 46.4 Å². The minimum Gasteiger partial charge on any atom is -0.497 e. The fourth-order valence-corrected chi connectivity index (χ4v) is 3.64. The lowest BCUT2D eigenvalue weighted by Gasteiger charge is -2.12. The molecule has 0 radical (unpaired) electrons. The number of ether oxygens (including phenoxy) is 1. The highest BCUT2D eigenvalue weighted by molar-refractivity contribution is 6.54. The lowest BCUT2D eigenvalue weighted by atomic mass is 9.89. The molecule has 1 aliphatic rings. The van der Waals surface area contributed by atoms with Gasteiger partial charge in [0.25, 0.3) is 0 Å². The number of methoxy groups -OCH3 is 1. The number of nitrogens with zero attached hydrogens (tertiary/aromatic N) is 5. The van der Waals surface area contributed by atoms with Crippen LogP contribution < -0.4 is 10.1 Å². The molecule has 9 heteroatoms. The van der Waals surface area contributed by atoms with E-state index in [1.807, 2.05) is 24.3 Å². The number of rotatable bonds is 5. The molecular formula is C23H23FN6O2. The van der Waals surface area contributed by atoms with E-state index in [9.17, 15) is 9.18 Å². The van der Waals surface area contributed by atoms with Gasteiger partial charge in [-0.1, -0.05) is 18.7 Å². The van der Waals surface area contributed by atoms with Gasteiger partial charge in [-0.15, -0.1) is 0 Å². The number of hydrogen-bond acceptors (Lipinski definition) is 6. The number of pyridine rings is 1. The Morgan fingerprint density at radius 3 is 2.69 bits per heavy atom. The van der Waals surface area contributed by atoms with Crippen molar-refractivity contribution in [2.24, 2.45) is 15.4 Å². The molecule has 1 N–H and O–H groups in total. The van der Waals surface area contributed by atoms with Crippen LogP contribution in [0.2, 0.25) is 0 Å². The van der Waals surface area contributed by atoms with E-state index in [2.05, 4.69) is 32.0 Å². The van der Waals surface area contributed by atoms with Crippen molar-refractivity contribution in [3.8, 4) is 5.75 Å². The fourth-order valence-electron chi connectivity index (χ4n) is 3.64. The Hall–Kier alpha value is -3.88. The number of benzene rings is 1. The molecule has 2 aromatic heterocycles. The number of hydrogen-bond donors (Lipinski definition) is 1. The first kappa shape index (κ1) is 21.4. The highest BCUT2D eigenvalue weighted by Crippen LogP contribution is 2.28. The Balaban J connectivity index is 1.75. The second-order valence-corrected chi connectivity index (χ2v) is 7.94. The number of halogens is 1. The first-order chi connectivity index (χ1) is 15.2. The van der Waals surface area contributed by atoms with Gasteiger partial charge in [-0.05, 0) is 37.6 Å². The smallest absolute Gasteiger partial charge is 0.237 e. The van der Waals surface area contributed by atoms with Crippen molar-refractivity contribution < 1.29 is 13.9 Å². The molecule has 3 heterocycles. The third kappa shape index (κ3) is 3.66. The lowest BCUT2D eigenvalue weighted by Crippen LogP contribution is -2.28. The molecular weight excluding hydrogens is 411 g/mol. The van der Waals surface area contributed by atoms with E-state index in [0.717, 1.165) is 17.5 Å². The maximum atomic E-state index is 14.0. The molecule has 0 saturated carbocycles. The Morgan fingerprint density at radius 1 is 1.31 bits per heavy atom. The normalized spacial score (nSPS) is 17.8. The van der Waals surface area contributed by atoms with Crippen LogP contribution in [0.25, 0.3) is 16.7 Å². The van der Waals surface area contributed by atoms with E-state index in [1.54, 1.807) is 32.7 Å². The van der Waals surface area contributed by atoms with Gasteiger partial charge >= 0.3 is 0 Å². The van der Waals surface area contributed by atoms with E-state index < -0.39 is 11.2 Å². The monoisotopic (exact) mass is 434 g/mol. The average molecular weight is 434 g/mol. The first-order valence-corrected chi connectivity index (χ1v) is 9.96. The summed E-state index contributed by atoms with van der Waals surface area (Å²) in [5, 5.41) is 7.84. The second-order valence-electron chi connectivity index (χ2n) is 7.94. The number of carbonyl (C=O) groups excluding carboxylic acids is 1. The Labute approximate surface area is 184 Å². The molecule has 32 heavy (non-hydrogen) atoms. The third-order valence-electron chi connectivity index (χ3n) is 5.40. The van der Waals surface area contributed by atoms with E-state index >= 15 is 0 Å². The van der Waals surface area contributed by atoms with Gasteiger partial charge < -0.3 is 10.1 Å². The zero-order valence-electron chi connectivity index (χ0n) is 18.3. The molecule has 0 aliphatic carbocycles. The standard InChI is InChI=1S/C23H23FN6O2/c1-13(27-20-19(25-4)23(2,3)22(31)28-20)18-17-10-15(24)11-26-21(17)30(29-18)12-14-6-8-16(32-5)9-7-14/h6-11H,1,12H2,2-5H3,(H,27,28,31). The number of fused-ring (bicyclic) bond motifs is 1. The molecule has 1 aliphatic heterocycles. The zero-order valence-corrected chi connectivity index (χ0v) is 18.3. The number of amidine groups is 1. The number of nitrogens with one attached hydrogen (secondary N) is 1. The van der Waals surface area contributed by atoms with Crippen LogP contribution in [0.3, 0.4) is 0 Å². The predicted octanol–water partition coefficient (Wildman–Crippen LogP) is 3.22. The van der Waals surface area contributed by atoms with Gasteiger partial charge in [0.1, 0.15) is 17.3 Å². The molecule has 3 aromatic rings. The van der Waals surface area contributed by atoms with Gasteiger partial charge in [-0.2, -0.15) is 5.10 Å². The van der Waals surface area contributed by atoms with Gasteiger partial charge in [0.2, 0.25) is 5.91 Å². The third-order valence-corrected chi connectivity index (χ3v) is 5.40. The number of carbonyl (C=O) groups is 1. The molecule has 0 spiro atoms. The van der Waals surface area contributed by atoms with Crippen molar-refractivity contribution in [2.75, 3.05) is 14.2 Å². The molecule has 1 fully saturated rings. The number of aliphatic imine (C=N–C) groups is 2. The molecule has 0 bridgehead atoms. The van der Waals surface area contributed by atoms with Gasteiger partial charge in [0.15, 0.2) is 11.5 Å². The summed E-state index contributed by atoms with van der Waals surface area (Å²) in [6, 6.07) is 8.91. The maximum Gasteiger partial charge on any atom is 0.237 e. The minimum absolute atomic E-state index is 0.202. The average Bonchev–Trinajstić information content (AvgIpc) is 3.21. The van der Waals surface area contributed by atoms with E-state index in [-0.39, 0.29) is 11.6 Å². The fraction of sp³-hybridized carbons (Fsp3) is 0.261. The molecule has 0 unspecified atom stereocenters. The molecule has 164 valence electrons. The number of amides is 1. The van der Waals surface area contributed by atoms with Gasteiger partial charge in [0.05, 0.1) is 42.1 Å². The molecule has 8 nitrogen and oxygen atoms in total. The topological polar surface area (TPSA) is 93.8 Å². The van der Waals surface area contributed by atoms with Crippen molar-refractivity contribution >= 4 is 34.2 Å². The second kappa shape index (κ2) is 7.99. The van der Waals surface area contributed by atoms with Crippen molar-refractivity contribution in [2.45, 2.75) is 20.4 Å². The molecule has 1 amide bonds. The van der Waals surface area contributed by atoms with Crippen molar-refractivity contribution in [1.29, 1.82) is 0 Å². The molecule has 0 atom stereocenters. The highest BCUT2D eigenvalue weighted by atomic mass is 19.1.